The summed E-state index contributed by atoms with van der Waals surface area (Å²) in [6.07, 6.45) is 4.25. The molecule has 0 N–H and O–H groups in total. The third kappa shape index (κ3) is 6.91. The van der Waals surface area contributed by atoms with Gasteiger partial charge in [0.15, 0.2) is 0 Å². The molecule has 0 aromatic heterocycles. The molecule has 0 atom stereocenters. The van der Waals surface area contributed by atoms with E-state index in [9.17, 15) is 13.2 Å². The predicted octanol–water partition coefficient (Wildman–Crippen LogP) is 4.04. The molecule has 3 aromatic rings. The van der Waals surface area contributed by atoms with Crippen LogP contribution >= 0.6 is 0 Å². The summed E-state index contributed by atoms with van der Waals surface area (Å²) < 4.78 is 28.2. The van der Waals surface area contributed by atoms with Crippen LogP contribution in [0.25, 0.3) is 6.08 Å². The first kappa shape index (κ1) is 25.8. The van der Waals surface area contributed by atoms with Gasteiger partial charge < -0.3 is 4.90 Å². The lowest BCUT2D eigenvalue weighted by molar-refractivity contribution is -0.133. The largest absolute Gasteiger partial charge is 0.339 e. The zero-order valence-electron chi connectivity index (χ0n) is 20.7. The lowest BCUT2D eigenvalue weighted by atomic mass is 10.1. The number of amides is 1. The summed E-state index contributed by atoms with van der Waals surface area (Å²) in [5.74, 6) is -0.166. The Balaban J connectivity index is 1.39. The van der Waals surface area contributed by atoms with E-state index >= 15 is 0 Å². The third-order valence-corrected chi connectivity index (χ3v) is 8.18. The first-order chi connectivity index (χ1) is 17.4. The van der Waals surface area contributed by atoms with E-state index in [2.05, 4.69) is 29.2 Å². The van der Waals surface area contributed by atoms with E-state index in [1.54, 1.807) is 35.2 Å². The maximum absolute atomic E-state index is 13.4. The topological polar surface area (TPSA) is 60.9 Å². The summed E-state index contributed by atoms with van der Waals surface area (Å²) in [5, 5.41) is 0. The number of aryl methyl sites for hydroxylation is 1. The lowest BCUT2D eigenvalue weighted by Gasteiger charge is -2.35. The summed E-state index contributed by atoms with van der Waals surface area (Å²) >= 11 is 0. The van der Waals surface area contributed by atoms with Crippen molar-refractivity contribution >= 4 is 22.0 Å². The van der Waals surface area contributed by atoms with Crippen LogP contribution in [0.3, 0.4) is 0 Å². The number of carbonyl (C=O) groups is 1. The minimum Gasteiger partial charge on any atom is -0.339 e. The Bertz CT molecular complexity index is 1250. The molecular formula is C29H33N3O3S. The first-order valence-corrected chi connectivity index (χ1v) is 13.7. The Morgan fingerprint density at radius 3 is 2.11 bits per heavy atom. The van der Waals surface area contributed by atoms with Crippen LogP contribution in [-0.4, -0.2) is 67.7 Å². The fourth-order valence-electron chi connectivity index (χ4n) is 4.20. The molecule has 1 heterocycles. The van der Waals surface area contributed by atoms with Gasteiger partial charge in [-0.2, -0.15) is 4.31 Å². The number of hydrogen-bond donors (Lipinski definition) is 0. The van der Waals surface area contributed by atoms with Crippen LogP contribution in [0.15, 0.2) is 95.9 Å². The number of carbonyl (C=O) groups excluding carboxylic acids is 1. The van der Waals surface area contributed by atoms with Crippen molar-refractivity contribution in [3.63, 3.8) is 0 Å². The molecule has 36 heavy (non-hydrogen) atoms. The summed E-state index contributed by atoms with van der Waals surface area (Å²) in [4.78, 5) is 17.5. The second kappa shape index (κ2) is 12.1. The van der Waals surface area contributed by atoms with E-state index in [1.807, 2.05) is 49.4 Å². The van der Waals surface area contributed by atoms with E-state index in [-0.39, 0.29) is 23.9 Å². The molecule has 0 radical (unpaired) electrons. The van der Waals surface area contributed by atoms with Gasteiger partial charge in [-0.15, -0.1) is 0 Å². The van der Waals surface area contributed by atoms with Gasteiger partial charge in [0.2, 0.25) is 15.9 Å². The highest BCUT2D eigenvalue weighted by atomic mass is 32.2. The Morgan fingerprint density at radius 2 is 1.47 bits per heavy atom. The second-order valence-corrected chi connectivity index (χ2v) is 11.0. The zero-order chi connectivity index (χ0) is 25.4. The van der Waals surface area contributed by atoms with Crippen molar-refractivity contribution in [3.05, 3.63) is 108 Å². The van der Waals surface area contributed by atoms with E-state index in [4.69, 9.17) is 0 Å². The average molecular weight is 504 g/mol. The zero-order valence-corrected chi connectivity index (χ0v) is 21.5. The standard InChI is InChI=1S/C29H33N3O3S/c1-25-14-16-27(17-15-25)23-32(36(34,35)28-12-6-3-7-13-28)24-29(33)31-21-19-30(20-22-31)18-8-11-26-9-4-2-5-10-26/h2-17H,18-24H2,1H3/b11-8+. The minimum atomic E-state index is -3.83. The first-order valence-electron chi connectivity index (χ1n) is 12.2. The molecule has 1 amide bonds. The molecule has 1 saturated heterocycles. The predicted molar refractivity (Wildman–Crippen MR) is 144 cm³/mol. The van der Waals surface area contributed by atoms with Crippen LogP contribution in [-0.2, 0) is 21.4 Å². The molecular weight excluding hydrogens is 470 g/mol. The Labute approximate surface area is 214 Å². The molecule has 6 nitrogen and oxygen atoms in total. The van der Waals surface area contributed by atoms with E-state index in [1.165, 1.54) is 9.87 Å². The molecule has 0 saturated carbocycles. The minimum absolute atomic E-state index is 0.146. The molecule has 4 rings (SSSR count). The number of sulfonamides is 1. The van der Waals surface area contributed by atoms with Crippen LogP contribution in [0.5, 0.6) is 0 Å². The van der Waals surface area contributed by atoms with Gasteiger partial charge in [-0.3, -0.25) is 9.69 Å². The summed E-state index contributed by atoms with van der Waals surface area (Å²) in [6.45, 7) is 5.46. The van der Waals surface area contributed by atoms with E-state index in [0.717, 1.165) is 30.8 Å². The highest BCUT2D eigenvalue weighted by molar-refractivity contribution is 7.89. The van der Waals surface area contributed by atoms with Crippen LogP contribution in [0.1, 0.15) is 16.7 Å². The maximum atomic E-state index is 13.4. The van der Waals surface area contributed by atoms with Crippen molar-refractivity contribution in [2.24, 2.45) is 0 Å². The Hall–Kier alpha value is -3.26. The number of rotatable bonds is 9. The molecule has 0 aliphatic carbocycles. The van der Waals surface area contributed by atoms with Gasteiger partial charge in [0, 0.05) is 39.3 Å². The van der Waals surface area contributed by atoms with Gasteiger partial charge >= 0.3 is 0 Å². The van der Waals surface area contributed by atoms with Crippen molar-refractivity contribution in [2.75, 3.05) is 39.3 Å². The fraction of sp³-hybridized carbons (Fsp3) is 0.276. The van der Waals surface area contributed by atoms with Gasteiger partial charge in [-0.05, 0) is 30.2 Å². The third-order valence-electron chi connectivity index (χ3n) is 6.37. The molecule has 1 aliphatic heterocycles. The highest BCUT2D eigenvalue weighted by Crippen LogP contribution is 2.19. The van der Waals surface area contributed by atoms with E-state index in [0.29, 0.717) is 13.1 Å². The normalized spacial score (nSPS) is 15.0. The van der Waals surface area contributed by atoms with Crippen molar-refractivity contribution in [1.82, 2.24) is 14.1 Å². The Kier molecular flexibility index (Phi) is 8.70. The van der Waals surface area contributed by atoms with Gasteiger partial charge in [0.05, 0.1) is 11.4 Å². The second-order valence-electron chi connectivity index (χ2n) is 9.07. The number of benzene rings is 3. The Morgan fingerprint density at radius 1 is 0.861 bits per heavy atom. The van der Waals surface area contributed by atoms with Gasteiger partial charge in [-0.25, -0.2) is 8.42 Å². The summed E-state index contributed by atoms with van der Waals surface area (Å²) in [6, 6.07) is 26.2. The maximum Gasteiger partial charge on any atom is 0.243 e. The highest BCUT2D eigenvalue weighted by Gasteiger charge is 2.29. The smallest absolute Gasteiger partial charge is 0.243 e. The van der Waals surface area contributed by atoms with Crippen LogP contribution in [0, 0.1) is 6.92 Å². The molecule has 0 bridgehead atoms. The molecule has 1 fully saturated rings. The van der Waals surface area contributed by atoms with Crippen LogP contribution < -0.4 is 0 Å². The summed E-state index contributed by atoms with van der Waals surface area (Å²) in [5.41, 5.74) is 3.12. The molecule has 0 unspecified atom stereocenters. The molecule has 3 aromatic carbocycles. The SMILES string of the molecule is Cc1ccc(CN(CC(=O)N2CCN(C/C=C/c3ccccc3)CC2)S(=O)(=O)c2ccccc2)cc1. The van der Waals surface area contributed by atoms with Crippen LogP contribution in [0.4, 0.5) is 0 Å². The lowest BCUT2D eigenvalue weighted by Crippen LogP contribution is -2.51. The quantitative estimate of drug-likeness (QED) is 0.442. The van der Waals surface area contributed by atoms with Crippen molar-refractivity contribution in [3.8, 4) is 0 Å². The molecule has 188 valence electrons. The van der Waals surface area contributed by atoms with Gasteiger partial charge in [0.1, 0.15) is 0 Å². The number of hydrogen-bond acceptors (Lipinski definition) is 4. The van der Waals surface area contributed by atoms with Gasteiger partial charge in [-0.1, -0.05) is 90.5 Å². The monoisotopic (exact) mass is 503 g/mol. The molecule has 1 aliphatic rings. The van der Waals surface area contributed by atoms with Crippen molar-refractivity contribution < 1.29 is 13.2 Å². The van der Waals surface area contributed by atoms with Crippen molar-refractivity contribution in [2.45, 2.75) is 18.4 Å². The van der Waals surface area contributed by atoms with E-state index < -0.39 is 10.0 Å². The fourth-order valence-corrected chi connectivity index (χ4v) is 5.60. The average Bonchev–Trinajstić information content (AvgIpc) is 2.91. The van der Waals surface area contributed by atoms with Gasteiger partial charge in [0.25, 0.3) is 0 Å². The van der Waals surface area contributed by atoms with Crippen LogP contribution in [0.2, 0.25) is 0 Å². The molecule has 7 heteroatoms. The summed E-state index contributed by atoms with van der Waals surface area (Å²) in [7, 11) is -3.83. The number of nitrogens with zero attached hydrogens (tertiary/aromatic N) is 3. The van der Waals surface area contributed by atoms with Crippen molar-refractivity contribution in [1.29, 1.82) is 0 Å². The molecule has 0 spiro atoms. The number of piperazine rings is 1.